The Morgan fingerprint density at radius 3 is 1.46 bits per heavy atom. The van der Waals surface area contributed by atoms with Crippen molar-refractivity contribution in [2.75, 3.05) is 36.0 Å². The lowest BCUT2D eigenvalue weighted by atomic mass is 9.81. The molecule has 10 nitrogen and oxygen atoms in total. The average Bonchev–Trinajstić information content (AvgIpc) is 4.02. The van der Waals surface area contributed by atoms with Crippen molar-refractivity contribution in [1.82, 2.24) is 30.6 Å². The highest BCUT2D eigenvalue weighted by molar-refractivity contribution is 7.59. The van der Waals surface area contributed by atoms with E-state index in [0.29, 0.717) is 34.8 Å². The molecule has 0 amide bonds. The fourth-order valence-electron chi connectivity index (χ4n) is 8.76. The van der Waals surface area contributed by atoms with E-state index in [2.05, 4.69) is 157 Å². The summed E-state index contributed by atoms with van der Waals surface area (Å²) in [6, 6.07) is 54.6. The van der Waals surface area contributed by atoms with Crippen LogP contribution in [0.15, 0.2) is 170 Å². The standard InChI is InChI=1S/C26H26N4.C20H21ClN4.C6H7BO2.2CH4.2ClH.2H2S/c1-19(23-13-7-11-20-8-5-6-12-24(20)23)29-22-14-15-30(17-22)26-16-25(27-18-28-26)21-9-3-2-4-10-21;1-14(17-8-4-6-15-5-2-3-7-18(15)17)24-16-9-10-25(12-16)20-11-19(21)22-13-23-20;8-7(9)6-4-2-1-3-5-6;;;;;;/h2-13,16,18-19,22,29H,14-15,17H2,1H3;2-8,11,13-14,16,24H,9-10,12H2,1H3;1-5,8-9H;2*1H4;2*1H;2*1H2/t19-,22+;14-,16+;;;;;;;/m11......./s1. The SMILES string of the molecule is C.C.C[C@@H](N[C@H]1CCN(c2cc(-c3ccccc3)ncn2)C1)c1cccc2ccccc12.C[C@@H](N[C@H]1CCN(c2cc(Cl)ncn2)C1)c1cccc2ccccc12.Cl.Cl.OB(O)c1ccccc1.S.S. The van der Waals surface area contributed by atoms with Gasteiger partial charge in [0.25, 0.3) is 0 Å². The summed E-state index contributed by atoms with van der Waals surface area (Å²) in [5, 5.41) is 30.5. The Morgan fingerprint density at radius 1 is 0.557 bits per heavy atom. The van der Waals surface area contributed by atoms with E-state index in [4.69, 9.17) is 21.6 Å². The second kappa shape index (κ2) is 30.1. The number of nitrogens with zero attached hydrogens (tertiary/aromatic N) is 6. The van der Waals surface area contributed by atoms with Crippen LogP contribution < -0.4 is 25.9 Å². The van der Waals surface area contributed by atoms with Crippen molar-refractivity contribution in [3.63, 3.8) is 0 Å². The van der Waals surface area contributed by atoms with Gasteiger partial charge in [0.15, 0.2) is 0 Å². The molecule has 2 saturated heterocycles. The summed E-state index contributed by atoms with van der Waals surface area (Å²) in [6.45, 7) is 8.38. The summed E-state index contributed by atoms with van der Waals surface area (Å²) >= 11 is 5.99. The predicted molar refractivity (Wildman–Crippen MR) is 312 cm³/mol. The smallest absolute Gasteiger partial charge is 0.423 e. The number of halogens is 3. The van der Waals surface area contributed by atoms with Crippen molar-refractivity contribution in [2.24, 2.45) is 0 Å². The summed E-state index contributed by atoms with van der Waals surface area (Å²) in [5.74, 6) is 1.91. The Hall–Kier alpha value is -4.93. The van der Waals surface area contributed by atoms with Crippen LogP contribution in [0.3, 0.4) is 0 Å². The first-order valence-electron chi connectivity index (χ1n) is 22.0. The fourth-order valence-corrected chi connectivity index (χ4v) is 8.90. The maximum absolute atomic E-state index is 8.58. The molecule has 16 heteroatoms. The minimum absolute atomic E-state index is 0. The molecule has 8 aromatic rings. The Morgan fingerprint density at radius 2 is 0.986 bits per heavy atom. The number of aromatic nitrogens is 4. The van der Waals surface area contributed by atoms with Crippen LogP contribution in [0.4, 0.5) is 11.6 Å². The lowest BCUT2D eigenvalue weighted by Crippen LogP contribution is -2.34. The highest BCUT2D eigenvalue weighted by atomic mass is 35.5. The molecule has 0 aliphatic carbocycles. The zero-order valence-corrected chi connectivity index (χ0v) is 42.5. The van der Waals surface area contributed by atoms with Gasteiger partial charge in [-0.25, -0.2) is 19.9 Å². The quantitative estimate of drug-likeness (QED) is 0.0778. The number of hydrogen-bond acceptors (Lipinski definition) is 10. The van der Waals surface area contributed by atoms with Gasteiger partial charge in [-0.05, 0) is 64.8 Å². The van der Waals surface area contributed by atoms with Gasteiger partial charge in [0.2, 0.25) is 0 Å². The molecule has 2 aliphatic rings. The predicted octanol–water partition coefficient (Wildman–Crippen LogP) is 11.1. The van der Waals surface area contributed by atoms with E-state index in [0.717, 1.165) is 61.9 Å². The number of hydrogen-bond donors (Lipinski definition) is 4. The topological polar surface area (TPSA) is 123 Å². The van der Waals surface area contributed by atoms with Crippen LogP contribution in [0.2, 0.25) is 5.15 Å². The third-order valence-electron chi connectivity index (χ3n) is 12.0. The minimum atomic E-state index is -1.34. The summed E-state index contributed by atoms with van der Waals surface area (Å²) in [5.41, 5.74) is 5.33. The van der Waals surface area contributed by atoms with Gasteiger partial charge in [-0.2, -0.15) is 27.0 Å². The van der Waals surface area contributed by atoms with Gasteiger partial charge in [0, 0.05) is 68.0 Å². The van der Waals surface area contributed by atoms with Gasteiger partial charge in [-0.3, -0.25) is 0 Å². The maximum Gasteiger partial charge on any atom is 0.488 e. The van der Waals surface area contributed by atoms with Gasteiger partial charge in [-0.1, -0.05) is 172 Å². The Balaban J connectivity index is 0.000000383. The van der Waals surface area contributed by atoms with Crippen LogP contribution in [0.5, 0.6) is 0 Å². The average molecular weight is 1040 g/mol. The summed E-state index contributed by atoms with van der Waals surface area (Å²) in [6.07, 6.45) is 5.41. The van der Waals surface area contributed by atoms with Gasteiger partial charge in [0.05, 0.1) is 5.69 Å². The fraction of sp³-hybridized carbons (Fsp3) is 0.259. The molecule has 6 aromatic carbocycles. The normalized spacial score (nSPS) is 15.3. The molecule has 2 aromatic heterocycles. The molecule has 4 heterocycles. The van der Waals surface area contributed by atoms with E-state index in [-0.39, 0.29) is 66.7 Å². The molecule has 0 radical (unpaired) electrons. The number of anilines is 2. The Bertz CT molecular complexity index is 2750. The molecule has 4 N–H and O–H groups in total. The minimum Gasteiger partial charge on any atom is -0.423 e. The van der Waals surface area contributed by atoms with Gasteiger partial charge in [-0.15, -0.1) is 24.8 Å². The van der Waals surface area contributed by atoms with E-state index in [1.807, 2.05) is 30.3 Å². The molecule has 0 bridgehead atoms. The third kappa shape index (κ3) is 16.0. The van der Waals surface area contributed by atoms with Gasteiger partial charge < -0.3 is 30.5 Å². The molecule has 0 spiro atoms. The van der Waals surface area contributed by atoms with Gasteiger partial charge in [0.1, 0.15) is 29.4 Å². The molecule has 0 saturated carbocycles. The van der Waals surface area contributed by atoms with Crippen molar-refractivity contribution in [1.29, 1.82) is 0 Å². The van der Waals surface area contributed by atoms with Crippen LogP contribution in [0.1, 0.15) is 64.8 Å². The van der Waals surface area contributed by atoms with Crippen LogP contribution in [0, 0.1) is 0 Å². The molecule has 10 rings (SSSR count). The first-order chi connectivity index (χ1) is 31.3. The lowest BCUT2D eigenvalue weighted by molar-refractivity contribution is 0.426. The van der Waals surface area contributed by atoms with Crippen LogP contribution in [-0.2, 0) is 0 Å². The second-order valence-corrected chi connectivity index (χ2v) is 16.8. The number of benzene rings is 6. The summed E-state index contributed by atoms with van der Waals surface area (Å²) in [4.78, 5) is 21.9. The third-order valence-corrected chi connectivity index (χ3v) is 12.2. The monoisotopic (exact) mass is 1040 g/mol. The van der Waals surface area contributed by atoms with Crippen LogP contribution in [0.25, 0.3) is 32.8 Å². The largest absolute Gasteiger partial charge is 0.488 e. The Labute approximate surface area is 446 Å². The van der Waals surface area contributed by atoms with Crippen molar-refractivity contribution in [3.8, 4) is 11.3 Å². The van der Waals surface area contributed by atoms with Crippen LogP contribution in [-0.4, -0.2) is 75.4 Å². The molecular formula is C54H68BCl3N8O2S2. The lowest BCUT2D eigenvalue weighted by Gasteiger charge is -2.22. The number of fused-ring (bicyclic) bond motifs is 2. The number of nitrogens with one attached hydrogen (secondary N) is 2. The van der Waals surface area contributed by atoms with Crippen molar-refractivity contribution >= 4 is 109 Å². The van der Waals surface area contributed by atoms with E-state index in [1.165, 1.54) is 39.0 Å². The van der Waals surface area contributed by atoms with Crippen molar-refractivity contribution < 1.29 is 10.0 Å². The van der Waals surface area contributed by atoms with Crippen molar-refractivity contribution in [2.45, 2.75) is 65.7 Å². The first-order valence-corrected chi connectivity index (χ1v) is 22.4. The van der Waals surface area contributed by atoms with Gasteiger partial charge >= 0.3 is 7.12 Å². The van der Waals surface area contributed by atoms with Crippen LogP contribution >= 0.6 is 63.4 Å². The zero-order valence-electron chi connectivity index (χ0n) is 38.1. The summed E-state index contributed by atoms with van der Waals surface area (Å²) in [7, 11) is -1.34. The highest BCUT2D eigenvalue weighted by Crippen LogP contribution is 2.29. The second-order valence-electron chi connectivity index (χ2n) is 16.4. The van der Waals surface area contributed by atoms with Crippen molar-refractivity contribution in [3.05, 3.63) is 187 Å². The maximum atomic E-state index is 8.58. The molecule has 70 heavy (non-hydrogen) atoms. The number of rotatable bonds is 10. The molecule has 4 atom stereocenters. The summed E-state index contributed by atoms with van der Waals surface area (Å²) < 4.78 is 0. The molecular weight excluding hydrogens is 974 g/mol. The highest BCUT2D eigenvalue weighted by Gasteiger charge is 2.27. The zero-order chi connectivity index (χ0) is 44.3. The molecule has 2 aliphatic heterocycles. The first kappa shape index (κ1) is 61.2. The van der Waals surface area contributed by atoms with E-state index in [9.17, 15) is 0 Å². The van der Waals surface area contributed by atoms with E-state index in [1.54, 1.807) is 30.6 Å². The Kier molecular flexibility index (Phi) is 26.3. The molecule has 372 valence electrons. The van der Waals surface area contributed by atoms with E-state index >= 15 is 0 Å². The van der Waals surface area contributed by atoms with E-state index < -0.39 is 7.12 Å². The molecule has 2 fully saturated rings. The molecule has 0 unspecified atom stereocenters.